The molecule has 1 fully saturated rings. The fourth-order valence-electron chi connectivity index (χ4n) is 2.01. The van der Waals surface area contributed by atoms with Gasteiger partial charge in [-0.3, -0.25) is 9.69 Å². The maximum Gasteiger partial charge on any atom is 0.246 e. The molecule has 3 nitrogen and oxygen atoms in total. The zero-order valence-corrected chi connectivity index (χ0v) is 12.0. The third kappa shape index (κ3) is 2.24. The number of carbonyl (C=O) groups excluding carboxylic acids is 1. The summed E-state index contributed by atoms with van der Waals surface area (Å²) >= 11 is 3.44. The van der Waals surface area contributed by atoms with Crippen molar-refractivity contribution in [3.8, 4) is 0 Å². The van der Waals surface area contributed by atoms with Crippen LogP contribution in [0.1, 0.15) is 13.8 Å². The van der Waals surface area contributed by atoms with E-state index in [4.69, 9.17) is 0 Å². The first kappa shape index (κ1) is 12.6. The van der Waals surface area contributed by atoms with Gasteiger partial charge in [0.25, 0.3) is 0 Å². The third-order valence-corrected chi connectivity index (χ3v) is 3.99. The second-order valence-corrected chi connectivity index (χ2v) is 5.83. The molecule has 1 saturated heterocycles. The van der Waals surface area contributed by atoms with Crippen molar-refractivity contribution in [2.24, 2.45) is 0 Å². The van der Waals surface area contributed by atoms with Gasteiger partial charge in [-0.1, -0.05) is 22.0 Å². The quantitative estimate of drug-likeness (QED) is 0.795. The molecule has 0 aromatic heterocycles. The molecule has 0 aliphatic carbocycles. The van der Waals surface area contributed by atoms with Crippen molar-refractivity contribution in [1.82, 2.24) is 4.90 Å². The summed E-state index contributed by atoms with van der Waals surface area (Å²) < 4.78 is 1.000. The molecule has 1 aromatic rings. The second kappa shape index (κ2) is 4.42. The number of likely N-dealkylation sites (N-methyl/N-ethyl adjacent to an activating group) is 1. The Morgan fingerprint density at radius 3 is 2.65 bits per heavy atom. The Hall–Kier alpha value is -0.870. The van der Waals surface area contributed by atoms with E-state index >= 15 is 0 Å². The minimum atomic E-state index is -0.430. The number of hydrogen-bond donors (Lipinski definition) is 0. The zero-order valence-electron chi connectivity index (χ0n) is 10.4. The maximum atomic E-state index is 12.4. The number of anilines is 1. The molecule has 1 heterocycles. The molecule has 0 saturated carbocycles. The summed E-state index contributed by atoms with van der Waals surface area (Å²) in [5, 5.41) is 0. The van der Waals surface area contributed by atoms with Gasteiger partial charge in [-0.05, 0) is 39.1 Å². The summed E-state index contributed by atoms with van der Waals surface area (Å²) in [6, 6.07) is 7.89. The Balaban J connectivity index is 2.32. The summed E-state index contributed by atoms with van der Waals surface area (Å²) in [6.45, 7) is 5.58. The number of amides is 1. The van der Waals surface area contributed by atoms with Gasteiger partial charge in [0.15, 0.2) is 0 Å². The lowest BCUT2D eigenvalue weighted by atomic mass is 9.98. The fraction of sp³-hybridized carbons (Fsp3) is 0.462. The number of nitrogens with zero attached hydrogens (tertiary/aromatic N) is 2. The molecule has 92 valence electrons. The van der Waals surface area contributed by atoms with Gasteiger partial charge in [0.05, 0.1) is 5.54 Å². The van der Waals surface area contributed by atoms with E-state index in [1.165, 1.54) is 0 Å². The molecule has 1 aliphatic rings. The highest BCUT2D eigenvalue weighted by molar-refractivity contribution is 9.10. The number of rotatable bonds is 1. The molecule has 1 aliphatic heterocycles. The lowest BCUT2D eigenvalue weighted by Gasteiger charge is -2.44. The third-order valence-electron chi connectivity index (χ3n) is 3.50. The Morgan fingerprint density at radius 2 is 2.00 bits per heavy atom. The van der Waals surface area contributed by atoms with Crippen LogP contribution in [0.4, 0.5) is 5.69 Å². The highest BCUT2D eigenvalue weighted by atomic mass is 79.9. The first-order valence-electron chi connectivity index (χ1n) is 5.71. The van der Waals surface area contributed by atoms with Crippen molar-refractivity contribution in [2.45, 2.75) is 19.4 Å². The summed E-state index contributed by atoms with van der Waals surface area (Å²) in [7, 11) is 2.00. The first-order valence-corrected chi connectivity index (χ1v) is 6.51. The van der Waals surface area contributed by atoms with Crippen LogP contribution in [0.2, 0.25) is 0 Å². The molecule has 1 aromatic carbocycles. The molecule has 17 heavy (non-hydrogen) atoms. The zero-order chi connectivity index (χ0) is 12.6. The maximum absolute atomic E-state index is 12.4. The van der Waals surface area contributed by atoms with E-state index in [0.29, 0.717) is 0 Å². The molecule has 0 radical (unpaired) electrons. The van der Waals surface area contributed by atoms with Gasteiger partial charge < -0.3 is 4.90 Å². The Bertz CT molecular complexity index is 445. The van der Waals surface area contributed by atoms with Gasteiger partial charge in [0, 0.05) is 23.2 Å². The second-order valence-electron chi connectivity index (χ2n) is 4.92. The first-order chi connectivity index (χ1) is 7.93. The van der Waals surface area contributed by atoms with Crippen LogP contribution in [0.3, 0.4) is 0 Å². The lowest BCUT2D eigenvalue weighted by molar-refractivity contribution is -0.130. The summed E-state index contributed by atoms with van der Waals surface area (Å²) in [5.74, 6) is 0.157. The monoisotopic (exact) mass is 296 g/mol. The molecule has 0 unspecified atom stereocenters. The van der Waals surface area contributed by atoms with Crippen molar-refractivity contribution < 1.29 is 4.79 Å². The van der Waals surface area contributed by atoms with Crippen LogP contribution in [0, 0.1) is 0 Å². The molecular weight excluding hydrogens is 280 g/mol. The summed E-state index contributed by atoms with van der Waals surface area (Å²) in [6.07, 6.45) is 0. The molecule has 0 N–H and O–H groups in total. The Labute approximate surface area is 111 Å². The minimum absolute atomic E-state index is 0.157. The van der Waals surface area contributed by atoms with Gasteiger partial charge in [-0.15, -0.1) is 0 Å². The average molecular weight is 297 g/mol. The molecule has 4 heteroatoms. The lowest BCUT2D eigenvalue weighted by Crippen LogP contribution is -2.61. The minimum Gasteiger partial charge on any atom is -0.310 e. The van der Waals surface area contributed by atoms with Gasteiger partial charge >= 0.3 is 0 Å². The Morgan fingerprint density at radius 1 is 1.29 bits per heavy atom. The van der Waals surface area contributed by atoms with Crippen LogP contribution in [-0.2, 0) is 4.79 Å². The van der Waals surface area contributed by atoms with Crippen LogP contribution in [0.25, 0.3) is 0 Å². The van der Waals surface area contributed by atoms with E-state index in [0.717, 1.165) is 23.2 Å². The van der Waals surface area contributed by atoms with E-state index in [2.05, 4.69) is 20.8 Å². The van der Waals surface area contributed by atoms with Gasteiger partial charge in [-0.25, -0.2) is 0 Å². The number of carbonyl (C=O) groups is 1. The number of hydrogen-bond acceptors (Lipinski definition) is 2. The van der Waals surface area contributed by atoms with Crippen molar-refractivity contribution in [3.05, 3.63) is 28.7 Å². The molecule has 0 atom stereocenters. The van der Waals surface area contributed by atoms with E-state index in [1.54, 1.807) is 0 Å². The van der Waals surface area contributed by atoms with Crippen LogP contribution < -0.4 is 4.90 Å². The standard InChI is InChI=1S/C13H17BrN2O/c1-13(2)12(17)16(8-7-15(13)3)11-6-4-5-10(14)9-11/h4-6,9H,7-8H2,1-3H3. The van der Waals surface area contributed by atoms with Crippen LogP contribution in [-0.4, -0.2) is 36.5 Å². The normalized spacial score (nSPS) is 20.7. The number of benzene rings is 1. The SMILES string of the molecule is CN1CCN(c2cccc(Br)c2)C(=O)C1(C)C. The number of piperazine rings is 1. The van der Waals surface area contributed by atoms with Crippen LogP contribution in [0.5, 0.6) is 0 Å². The number of halogens is 1. The topological polar surface area (TPSA) is 23.6 Å². The van der Waals surface area contributed by atoms with E-state index in [-0.39, 0.29) is 5.91 Å². The smallest absolute Gasteiger partial charge is 0.246 e. The van der Waals surface area contributed by atoms with Gasteiger partial charge in [-0.2, -0.15) is 0 Å². The summed E-state index contributed by atoms with van der Waals surface area (Å²) in [4.78, 5) is 16.4. The predicted octanol–water partition coefficient (Wildman–Crippen LogP) is 2.51. The molecule has 0 spiro atoms. The van der Waals surface area contributed by atoms with E-state index < -0.39 is 5.54 Å². The molecular formula is C13H17BrN2O. The average Bonchev–Trinajstić information content (AvgIpc) is 2.27. The van der Waals surface area contributed by atoms with E-state index in [9.17, 15) is 4.79 Å². The van der Waals surface area contributed by atoms with E-state index in [1.807, 2.05) is 50.1 Å². The van der Waals surface area contributed by atoms with Gasteiger partial charge in [0.1, 0.15) is 0 Å². The van der Waals surface area contributed by atoms with Gasteiger partial charge in [0.2, 0.25) is 5.91 Å². The molecule has 1 amide bonds. The van der Waals surface area contributed by atoms with Crippen LogP contribution in [0.15, 0.2) is 28.7 Å². The van der Waals surface area contributed by atoms with Crippen molar-refractivity contribution >= 4 is 27.5 Å². The van der Waals surface area contributed by atoms with Crippen LogP contribution >= 0.6 is 15.9 Å². The highest BCUT2D eigenvalue weighted by Crippen LogP contribution is 2.27. The predicted molar refractivity (Wildman–Crippen MR) is 73.2 cm³/mol. The molecule has 0 bridgehead atoms. The highest BCUT2D eigenvalue weighted by Gasteiger charge is 2.40. The van der Waals surface area contributed by atoms with Crippen molar-refractivity contribution in [3.63, 3.8) is 0 Å². The molecule has 2 rings (SSSR count). The largest absolute Gasteiger partial charge is 0.310 e. The fourth-order valence-corrected chi connectivity index (χ4v) is 2.40. The van der Waals surface area contributed by atoms with Crippen molar-refractivity contribution in [2.75, 3.05) is 25.0 Å². The Kier molecular flexibility index (Phi) is 3.27. The van der Waals surface area contributed by atoms with Crippen molar-refractivity contribution in [1.29, 1.82) is 0 Å². The summed E-state index contributed by atoms with van der Waals surface area (Å²) in [5.41, 5.74) is 0.533.